The molecule has 0 bridgehead atoms. The molecule has 2 amide bonds. The molecule has 2 aliphatic rings. The van der Waals surface area contributed by atoms with Crippen LogP contribution in [0, 0.1) is 11.8 Å². The van der Waals surface area contributed by atoms with Crippen molar-refractivity contribution in [3.63, 3.8) is 0 Å². The molecule has 2 rings (SSSR count). The number of hydrogen-bond donors (Lipinski definition) is 2. The summed E-state index contributed by atoms with van der Waals surface area (Å²) in [5, 5.41) is 8.08. The molecule has 0 aromatic carbocycles. The van der Waals surface area contributed by atoms with E-state index in [1.165, 1.54) is 64.2 Å². The molecule has 2 heterocycles. The van der Waals surface area contributed by atoms with Crippen LogP contribution in [0.1, 0.15) is 250 Å². The fraction of sp³-hybridized carbons (Fsp3) is 0.960. The second-order valence-corrected chi connectivity index (χ2v) is 20.1. The van der Waals surface area contributed by atoms with E-state index in [0.717, 1.165) is 103 Å². The predicted octanol–water partition coefficient (Wildman–Crippen LogP) is 13.2. The van der Waals surface area contributed by atoms with Gasteiger partial charge in [0.25, 0.3) is 0 Å². The first-order chi connectivity index (χ1) is 26.6. The highest BCUT2D eigenvalue weighted by Gasteiger charge is 2.50. The van der Waals surface area contributed by atoms with Crippen LogP contribution in [0.25, 0.3) is 0 Å². The molecule has 330 valence electrons. The summed E-state index contributed by atoms with van der Waals surface area (Å²) in [6.07, 6.45) is 29.3. The SMILES string of the molecule is CCCCCCCCN(C(=O)CCCCCCCCC(=O)N(CCCCCCCC)C1CC(C)(CC)NC(C)(CC)C1C)C1CC(C)(CC)NC(C)(CC)C1C. The van der Waals surface area contributed by atoms with Crippen LogP contribution in [-0.2, 0) is 9.59 Å². The van der Waals surface area contributed by atoms with Crippen molar-refractivity contribution in [2.45, 2.75) is 284 Å². The van der Waals surface area contributed by atoms with Gasteiger partial charge >= 0.3 is 0 Å². The van der Waals surface area contributed by atoms with Crippen LogP contribution in [0.4, 0.5) is 0 Å². The van der Waals surface area contributed by atoms with Gasteiger partial charge in [0.15, 0.2) is 0 Å². The number of piperidine rings is 2. The van der Waals surface area contributed by atoms with Crippen molar-refractivity contribution in [3.05, 3.63) is 0 Å². The number of amides is 2. The minimum Gasteiger partial charge on any atom is -0.339 e. The topological polar surface area (TPSA) is 64.7 Å². The smallest absolute Gasteiger partial charge is 0.222 e. The fourth-order valence-electron chi connectivity index (χ4n) is 10.5. The summed E-state index contributed by atoms with van der Waals surface area (Å²) in [6, 6.07) is 0.596. The lowest BCUT2D eigenvalue weighted by atomic mass is 9.68. The molecule has 0 saturated carbocycles. The van der Waals surface area contributed by atoms with E-state index in [9.17, 15) is 9.59 Å². The van der Waals surface area contributed by atoms with Gasteiger partial charge in [-0.1, -0.05) is 145 Å². The molecule has 6 heteroatoms. The zero-order chi connectivity index (χ0) is 41.8. The van der Waals surface area contributed by atoms with Gasteiger partial charge in [-0.05, 0) is 104 Å². The van der Waals surface area contributed by atoms with Crippen molar-refractivity contribution in [1.82, 2.24) is 20.4 Å². The van der Waals surface area contributed by atoms with Crippen LogP contribution < -0.4 is 10.6 Å². The number of carbonyl (C=O) groups is 2. The summed E-state index contributed by atoms with van der Waals surface area (Å²) in [5.41, 5.74) is 0.203. The number of hydrogen-bond acceptors (Lipinski definition) is 4. The van der Waals surface area contributed by atoms with E-state index in [0.29, 0.717) is 48.6 Å². The van der Waals surface area contributed by atoms with E-state index >= 15 is 0 Å². The highest BCUT2D eigenvalue weighted by atomic mass is 16.2. The highest BCUT2D eigenvalue weighted by molar-refractivity contribution is 5.77. The Kier molecular flexibility index (Phi) is 23.2. The van der Waals surface area contributed by atoms with Crippen molar-refractivity contribution in [2.24, 2.45) is 11.8 Å². The normalized spacial score (nSPS) is 30.7. The van der Waals surface area contributed by atoms with Crippen molar-refractivity contribution < 1.29 is 9.59 Å². The van der Waals surface area contributed by atoms with E-state index in [2.05, 4.69) is 104 Å². The van der Waals surface area contributed by atoms with Gasteiger partial charge in [-0.2, -0.15) is 0 Å². The maximum Gasteiger partial charge on any atom is 0.222 e. The zero-order valence-electron chi connectivity index (χ0n) is 39.8. The van der Waals surface area contributed by atoms with Crippen LogP contribution in [0.15, 0.2) is 0 Å². The second kappa shape index (κ2) is 25.5. The molecule has 0 radical (unpaired) electrons. The Labute approximate surface area is 350 Å². The van der Waals surface area contributed by atoms with Gasteiger partial charge in [0.2, 0.25) is 11.8 Å². The Hall–Kier alpha value is -1.14. The van der Waals surface area contributed by atoms with Crippen molar-refractivity contribution in [1.29, 1.82) is 0 Å². The Morgan fingerprint density at radius 3 is 1.07 bits per heavy atom. The lowest BCUT2D eigenvalue weighted by molar-refractivity contribution is -0.139. The number of nitrogens with zero attached hydrogens (tertiary/aromatic N) is 2. The number of unbranched alkanes of at least 4 members (excludes halogenated alkanes) is 15. The minimum absolute atomic E-state index is 0.0397. The average molecular weight is 787 g/mol. The monoisotopic (exact) mass is 787 g/mol. The van der Waals surface area contributed by atoms with E-state index in [-0.39, 0.29) is 22.2 Å². The van der Waals surface area contributed by atoms with Gasteiger partial charge in [-0.3, -0.25) is 9.59 Å². The summed E-state index contributed by atoms with van der Waals surface area (Å²) >= 11 is 0. The molecule has 56 heavy (non-hydrogen) atoms. The molecule has 0 spiro atoms. The van der Waals surface area contributed by atoms with Crippen LogP contribution in [0.5, 0.6) is 0 Å². The van der Waals surface area contributed by atoms with E-state index in [1.54, 1.807) is 0 Å². The van der Waals surface area contributed by atoms with Crippen LogP contribution >= 0.6 is 0 Å². The molecule has 0 aromatic rings. The number of carbonyl (C=O) groups excluding carboxylic acids is 2. The van der Waals surface area contributed by atoms with E-state index in [1.807, 2.05) is 0 Å². The molecule has 8 atom stereocenters. The standard InChI is InChI=1S/C50H98N4O2/c1-13-19-21-23-29-33-37-53(43-39-47(9,15-3)51-49(11,17-5)41(43)7)45(55)35-31-27-25-26-28-32-36-46(56)54(38-34-30-24-22-20-14-2)44-40-48(10,16-4)52-50(12,18-6)42(44)8/h41-44,51-52H,13-40H2,1-12H3. The summed E-state index contributed by atoms with van der Waals surface area (Å²) in [7, 11) is 0. The van der Waals surface area contributed by atoms with Crippen molar-refractivity contribution >= 4 is 11.8 Å². The predicted molar refractivity (Wildman–Crippen MR) is 243 cm³/mol. The molecule has 8 unspecified atom stereocenters. The first-order valence-corrected chi connectivity index (χ1v) is 24.8. The van der Waals surface area contributed by atoms with Crippen LogP contribution in [0.2, 0.25) is 0 Å². The fourth-order valence-corrected chi connectivity index (χ4v) is 10.5. The largest absolute Gasteiger partial charge is 0.339 e. The maximum absolute atomic E-state index is 14.1. The van der Waals surface area contributed by atoms with E-state index in [4.69, 9.17) is 0 Å². The van der Waals surface area contributed by atoms with Crippen LogP contribution in [-0.4, -0.2) is 68.9 Å². The Bertz CT molecular complexity index is 1010. The lowest BCUT2D eigenvalue weighted by Gasteiger charge is -2.56. The summed E-state index contributed by atoms with van der Waals surface area (Å²) < 4.78 is 0. The van der Waals surface area contributed by atoms with Gasteiger partial charge in [0.05, 0.1) is 0 Å². The van der Waals surface area contributed by atoms with Gasteiger partial charge in [0.1, 0.15) is 0 Å². The van der Waals surface area contributed by atoms with E-state index < -0.39 is 0 Å². The lowest BCUT2D eigenvalue weighted by Crippen LogP contribution is -2.69. The number of nitrogens with one attached hydrogen (secondary N) is 2. The summed E-state index contributed by atoms with van der Waals surface area (Å²) in [4.78, 5) is 32.9. The summed E-state index contributed by atoms with van der Waals surface area (Å²) in [6.45, 7) is 29.9. The molecule has 0 aromatic heterocycles. The molecule has 2 fully saturated rings. The first-order valence-electron chi connectivity index (χ1n) is 24.8. The van der Waals surface area contributed by atoms with Gasteiger partial charge in [0, 0.05) is 60.2 Å². The van der Waals surface area contributed by atoms with Gasteiger partial charge in [-0.15, -0.1) is 0 Å². The molecular weight excluding hydrogens is 689 g/mol. The summed E-state index contributed by atoms with van der Waals surface area (Å²) in [5.74, 6) is 1.61. The zero-order valence-corrected chi connectivity index (χ0v) is 39.8. The minimum atomic E-state index is 0.0397. The Morgan fingerprint density at radius 1 is 0.464 bits per heavy atom. The molecule has 2 aliphatic heterocycles. The molecule has 6 nitrogen and oxygen atoms in total. The third kappa shape index (κ3) is 15.5. The molecule has 2 saturated heterocycles. The quantitative estimate of drug-likeness (QED) is 0.0741. The third-order valence-corrected chi connectivity index (χ3v) is 15.7. The first kappa shape index (κ1) is 51.0. The Balaban J connectivity index is 1.95. The Morgan fingerprint density at radius 2 is 0.768 bits per heavy atom. The van der Waals surface area contributed by atoms with Crippen LogP contribution in [0.3, 0.4) is 0 Å². The van der Waals surface area contributed by atoms with Crippen molar-refractivity contribution in [3.8, 4) is 0 Å². The molecule has 0 aliphatic carbocycles. The van der Waals surface area contributed by atoms with Gasteiger partial charge < -0.3 is 20.4 Å². The maximum atomic E-state index is 14.1. The third-order valence-electron chi connectivity index (χ3n) is 15.7. The average Bonchev–Trinajstić information content (AvgIpc) is 3.18. The second-order valence-electron chi connectivity index (χ2n) is 20.1. The molecule has 2 N–H and O–H groups in total. The highest BCUT2D eigenvalue weighted by Crippen LogP contribution is 2.41. The molecular formula is C50H98N4O2. The van der Waals surface area contributed by atoms with Crippen molar-refractivity contribution in [2.75, 3.05) is 13.1 Å². The van der Waals surface area contributed by atoms with Gasteiger partial charge in [-0.25, -0.2) is 0 Å². The number of rotatable bonds is 29.